The molecule has 4 heteroatoms. The maximum absolute atomic E-state index is 8.31. The highest BCUT2D eigenvalue weighted by atomic mass is 16.5. The third-order valence-corrected chi connectivity index (χ3v) is 4.56. The molecule has 128 valence electrons. The molecule has 0 spiro atoms. The van der Waals surface area contributed by atoms with Crippen LogP contribution in [0.15, 0.2) is 42.0 Å². The van der Waals surface area contributed by atoms with Gasteiger partial charge >= 0.3 is 0 Å². The topological polar surface area (TPSA) is 45.6 Å². The molecule has 1 N–H and O–H groups in total. The number of likely N-dealkylation sites (tertiary alicyclic amines) is 1. The normalized spacial score (nSPS) is 18.1. The van der Waals surface area contributed by atoms with E-state index in [1.807, 2.05) is 32.1 Å². The quantitative estimate of drug-likeness (QED) is 0.517. The number of benzene rings is 1. The van der Waals surface area contributed by atoms with E-state index < -0.39 is 0 Å². The Hall–Kier alpha value is -2.23. The van der Waals surface area contributed by atoms with Gasteiger partial charge in [-0.05, 0) is 31.1 Å². The van der Waals surface area contributed by atoms with E-state index in [1.165, 1.54) is 5.56 Å². The predicted molar refractivity (Wildman–Crippen MR) is 97.2 cm³/mol. The van der Waals surface area contributed by atoms with Crippen molar-refractivity contribution < 1.29 is 9.47 Å². The molecule has 1 aromatic carbocycles. The van der Waals surface area contributed by atoms with Crippen LogP contribution in [-0.2, 0) is 6.42 Å². The number of piperidine rings is 1. The average molecular weight is 326 g/mol. The molecule has 2 heterocycles. The molecule has 0 atom stereocenters. The molecular weight excluding hydrogens is 300 g/mol. The smallest absolute Gasteiger partial charge is 0.126 e. The molecule has 1 fully saturated rings. The second-order valence-corrected chi connectivity index (χ2v) is 6.69. The molecular formula is C20H26N2O2. The zero-order valence-corrected chi connectivity index (χ0v) is 14.6. The Morgan fingerprint density at radius 1 is 1.33 bits per heavy atom. The second kappa shape index (κ2) is 7.12. The SMILES string of the molecule is C=C(C)/C=C(/C)C(=N)N1CCC(Oc2ccc3c(c2)OCC3)CC1. The van der Waals surface area contributed by atoms with Crippen molar-refractivity contribution in [2.45, 2.75) is 39.2 Å². The highest BCUT2D eigenvalue weighted by Gasteiger charge is 2.23. The standard InChI is InChI=1S/C20H26N2O2/c1-14(2)12-15(3)20(21)22-9-6-17(7-10-22)24-18-5-4-16-8-11-23-19(16)13-18/h4-5,12-13,17,21H,1,6-11H2,2-3H3/b15-12-,21-20?. The van der Waals surface area contributed by atoms with Gasteiger partial charge in [0.2, 0.25) is 0 Å². The van der Waals surface area contributed by atoms with Gasteiger partial charge in [0.25, 0.3) is 0 Å². The fraction of sp³-hybridized carbons (Fsp3) is 0.450. The van der Waals surface area contributed by atoms with Crippen LogP contribution in [0.2, 0.25) is 0 Å². The summed E-state index contributed by atoms with van der Waals surface area (Å²) in [4.78, 5) is 2.13. The summed E-state index contributed by atoms with van der Waals surface area (Å²) < 4.78 is 11.7. The summed E-state index contributed by atoms with van der Waals surface area (Å²) in [6, 6.07) is 6.16. The maximum atomic E-state index is 8.31. The van der Waals surface area contributed by atoms with Gasteiger partial charge in [0.15, 0.2) is 0 Å². The molecule has 0 aromatic heterocycles. The van der Waals surface area contributed by atoms with Gasteiger partial charge in [0.1, 0.15) is 23.4 Å². The summed E-state index contributed by atoms with van der Waals surface area (Å²) >= 11 is 0. The number of amidine groups is 1. The van der Waals surface area contributed by atoms with Crippen LogP contribution in [0.5, 0.6) is 11.5 Å². The minimum atomic E-state index is 0.207. The Morgan fingerprint density at radius 2 is 2.08 bits per heavy atom. The Kier molecular flexibility index (Phi) is 4.93. The Labute approximate surface area is 144 Å². The molecule has 1 saturated heterocycles. The highest BCUT2D eigenvalue weighted by molar-refractivity contribution is 5.95. The molecule has 1 aromatic rings. The molecule has 4 nitrogen and oxygen atoms in total. The first-order valence-electron chi connectivity index (χ1n) is 8.63. The third-order valence-electron chi connectivity index (χ3n) is 4.56. The van der Waals surface area contributed by atoms with Gasteiger partial charge in [-0.1, -0.05) is 24.3 Å². The Morgan fingerprint density at radius 3 is 2.79 bits per heavy atom. The van der Waals surface area contributed by atoms with Crippen molar-refractivity contribution in [2.24, 2.45) is 0 Å². The van der Waals surface area contributed by atoms with Gasteiger partial charge in [0.05, 0.1) is 6.61 Å². The van der Waals surface area contributed by atoms with Crippen LogP contribution in [0.3, 0.4) is 0 Å². The van der Waals surface area contributed by atoms with Crippen LogP contribution in [0.25, 0.3) is 0 Å². The maximum Gasteiger partial charge on any atom is 0.126 e. The minimum absolute atomic E-state index is 0.207. The summed E-state index contributed by atoms with van der Waals surface area (Å²) in [6.07, 6.45) is 5.03. The lowest BCUT2D eigenvalue weighted by atomic mass is 10.1. The van der Waals surface area contributed by atoms with Crippen molar-refractivity contribution in [1.82, 2.24) is 4.90 Å². The van der Waals surface area contributed by atoms with E-state index in [2.05, 4.69) is 17.5 Å². The Bertz CT molecular complexity index is 670. The number of allylic oxidation sites excluding steroid dienone is 2. The zero-order chi connectivity index (χ0) is 17.1. The van der Waals surface area contributed by atoms with Gasteiger partial charge < -0.3 is 14.4 Å². The number of nitrogens with one attached hydrogen (secondary N) is 1. The highest BCUT2D eigenvalue weighted by Crippen LogP contribution is 2.30. The van der Waals surface area contributed by atoms with Crippen molar-refractivity contribution in [3.05, 3.63) is 47.6 Å². The first kappa shape index (κ1) is 16.6. The molecule has 0 saturated carbocycles. The van der Waals surface area contributed by atoms with Gasteiger partial charge in [-0.3, -0.25) is 5.41 Å². The first-order valence-corrected chi connectivity index (χ1v) is 8.63. The van der Waals surface area contributed by atoms with Crippen LogP contribution >= 0.6 is 0 Å². The number of ether oxygens (including phenoxy) is 2. The lowest BCUT2D eigenvalue weighted by molar-refractivity contribution is 0.130. The predicted octanol–water partition coefficient (Wildman–Crippen LogP) is 3.96. The van der Waals surface area contributed by atoms with E-state index in [4.69, 9.17) is 14.9 Å². The summed E-state index contributed by atoms with van der Waals surface area (Å²) in [7, 11) is 0. The number of rotatable bonds is 4. The van der Waals surface area contributed by atoms with E-state index in [0.29, 0.717) is 5.84 Å². The monoisotopic (exact) mass is 326 g/mol. The second-order valence-electron chi connectivity index (χ2n) is 6.69. The van der Waals surface area contributed by atoms with Crippen LogP contribution in [0.4, 0.5) is 0 Å². The molecule has 0 radical (unpaired) electrons. The summed E-state index contributed by atoms with van der Waals surface area (Å²) in [5, 5.41) is 8.31. The van der Waals surface area contributed by atoms with E-state index in [-0.39, 0.29) is 6.10 Å². The van der Waals surface area contributed by atoms with Crippen molar-refractivity contribution in [2.75, 3.05) is 19.7 Å². The molecule has 0 bridgehead atoms. The van der Waals surface area contributed by atoms with E-state index in [1.54, 1.807) is 0 Å². The molecule has 24 heavy (non-hydrogen) atoms. The van der Waals surface area contributed by atoms with E-state index in [9.17, 15) is 0 Å². The van der Waals surface area contributed by atoms with Gasteiger partial charge in [-0.15, -0.1) is 0 Å². The van der Waals surface area contributed by atoms with Crippen LogP contribution < -0.4 is 9.47 Å². The number of hydrogen-bond acceptors (Lipinski definition) is 3. The van der Waals surface area contributed by atoms with Gasteiger partial charge in [-0.2, -0.15) is 0 Å². The summed E-state index contributed by atoms with van der Waals surface area (Å²) in [6.45, 7) is 10.3. The van der Waals surface area contributed by atoms with Gasteiger partial charge in [-0.25, -0.2) is 0 Å². The molecule has 2 aliphatic rings. The van der Waals surface area contributed by atoms with E-state index >= 15 is 0 Å². The molecule has 0 unspecified atom stereocenters. The third kappa shape index (κ3) is 3.81. The number of nitrogens with zero attached hydrogens (tertiary/aromatic N) is 1. The lowest BCUT2D eigenvalue weighted by Gasteiger charge is -2.34. The largest absolute Gasteiger partial charge is 0.493 e. The van der Waals surface area contributed by atoms with Crippen molar-refractivity contribution in [3.8, 4) is 11.5 Å². The van der Waals surface area contributed by atoms with Crippen molar-refractivity contribution in [1.29, 1.82) is 5.41 Å². The molecule has 3 rings (SSSR count). The van der Waals surface area contributed by atoms with Crippen molar-refractivity contribution in [3.63, 3.8) is 0 Å². The first-order chi connectivity index (χ1) is 11.5. The van der Waals surface area contributed by atoms with Crippen LogP contribution in [0, 0.1) is 5.41 Å². The molecule has 2 aliphatic heterocycles. The summed E-state index contributed by atoms with van der Waals surface area (Å²) in [5.74, 6) is 2.46. The fourth-order valence-corrected chi connectivity index (χ4v) is 3.30. The van der Waals surface area contributed by atoms with Crippen molar-refractivity contribution >= 4 is 5.84 Å². The summed E-state index contributed by atoms with van der Waals surface area (Å²) in [5.41, 5.74) is 3.22. The van der Waals surface area contributed by atoms with Crippen LogP contribution in [-0.4, -0.2) is 36.5 Å². The average Bonchev–Trinajstić information content (AvgIpc) is 3.02. The number of hydrogen-bond donors (Lipinski definition) is 1. The van der Waals surface area contributed by atoms with Crippen LogP contribution in [0.1, 0.15) is 32.3 Å². The Balaban J connectivity index is 1.54. The molecule has 0 aliphatic carbocycles. The fourth-order valence-electron chi connectivity index (χ4n) is 3.30. The molecule has 0 amide bonds. The number of fused-ring (bicyclic) bond motifs is 1. The lowest BCUT2D eigenvalue weighted by Crippen LogP contribution is -2.41. The van der Waals surface area contributed by atoms with E-state index in [0.717, 1.165) is 61.6 Å². The van der Waals surface area contributed by atoms with Gasteiger partial charge in [0, 0.05) is 38.4 Å². The minimum Gasteiger partial charge on any atom is -0.493 e. The zero-order valence-electron chi connectivity index (χ0n) is 14.6.